The first-order chi connectivity index (χ1) is 12.2. The summed E-state index contributed by atoms with van der Waals surface area (Å²) in [7, 11) is 1.48. The maximum atomic E-state index is 14.6. The highest BCUT2D eigenvalue weighted by atomic mass is 127. The minimum Gasteiger partial charge on any atom is -0.453 e. The number of aromatic amines is 1. The number of hydrogen-bond acceptors (Lipinski definition) is 3. The van der Waals surface area contributed by atoms with Gasteiger partial charge in [0.1, 0.15) is 5.75 Å². The molecule has 0 radical (unpaired) electrons. The van der Waals surface area contributed by atoms with Gasteiger partial charge in [-0.2, -0.15) is 5.10 Å². The van der Waals surface area contributed by atoms with Gasteiger partial charge in [-0.05, 0) is 40.2 Å². The van der Waals surface area contributed by atoms with Gasteiger partial charge in [0.15, 0.2) is 11.6 Å². The van der Waals surface area contributed by atoms with Gasteiger partial charge in [-0.25, -0.2) is 4.39 Å². The summed E-state index contributed by atoms with van der Waals surface area (Å²) < 4.78 is 23.0. The van der Waals surface area contributed by atoms with Crippen LogP contribution < -0.4 is 4.74 Å². The molecule has 4 nitrogen and oxygen atoms in total. The third-order valence-corrected chi connectivity index (χ3v) is 6.27. The number of benzene rings is 2. The van der Waals surface area contributed by atoms with Crippen molar-refractivity contribution in [1.82, 2.24) is 14.2 Å². The Kier molecular flexibility index (Phi) is 4.74. The van der Waals surface area contributed by atoms with Crippen LogP contribution in [0.2, 0.25) is 0 Å². The van der Waals surface area contributed by atoms with Gasteiger partial charge in [0.05, 0.1) is 15.7 Å². The molecule has 4 rings (SSSR count). The van der Waals surface area contributed by atoms with Gasteiger partial charge in [0.2, 0.25) is 0 Å². The number of halogens is 3. The van der Waals surface area contributed by atoms with Crippen LogP contribution in [0.15, 0.2) is 59.3 Å². The van der Waals surface area contributed by atoms with Crippen LogP contribution in [0.4, 0.5) is 4.39 Å². The van der Waals surface area contributed by atoms with Crippen LogP contribution in [0.5, 0.6) is 11.5 Å². The molecule has 2 heterocycles. The summed E-state index contributed by atoms with van der Waals surface area (Å²) in [4.78, 5) is 0. The molecule has 1 N–H and O–H groups in total. The molecule has 0 saturated carbocycles. The van der Waals surface area contributed by atoms with E-state index in [-0.39, 0.29) is 5.75 Å². The number of aromatic nitrogens is 3. The highest BCUT2D eigenvalue weighted by molar-refractivity contribution is 14.2. The van der Waals surface area contributed by atoms with Crippen molar-refractivity contribution >= 4 is 57.2 Å². The third kappa shape index (κ3) is 3.18. The van der Waals surface area contributed by atoms with Crippen molar-refractivity contribution in [3.8, 4) is 22.8 Å². The Morgan fingerprint density at radius 2 is 2.12 bits per heavy atom. The van der Waals surface area contributed by atoms with Crippen LogP contribution in [-0.4, -0.2) is 14.2 Å². The molecule has 0 aliphatic heterocycles. The monoisotopic (exact) mass is 529 g/mol. The van der Waals surface area contributed by atoms with Crippen molar-refractivity contribution in [1.29, 1.82) is 0 Å². The van der Waals surface area contributed by atoms with Crippen molar-refractivity contribution in [2.24, 2.45) is 0 Å². The highest BCUT2D eigenvalue weighted by Crippen LogP contribution is 2.40. The predicted octanol–water partition coefficient (Wildman–Crippen LogP) is 6.57. The molecular formula is C17H10BrFIN3OS. The molecule has 2 aromatic heterocycles. The Labute approximate surface area is 167 Å². The molecule has 0 amide bonds. The Bertz CT molecular complexity index is 1050. The van der Waals surface area contributed by atoms with Gasteiger partial charge in [-0.1, -0.05) is 12.1 Å². The zero-order valence-corrected chi connectivity index (χ0v) is 17.1. The van der Waals surface area contributed by atoms with Crippen molar-refractivity contribution in [3.05, 3.63) is 65.1 Å². The summed E-state index contributed by atoms with van der Waals surface area (Å²) >= 11 is 5.64. The lowest BCUT2D eigenvalue weighted by molar-refractivity contribution is 0.441. The normalized spacial score (nSPS) is 11.2. The highest BCUT2D eigenvalue weighted by Gasteiger charge is 2.17. The second kappa shape index (κ2) is 7.00. The number of ether oxygens (including phenoxy) is 1. The SMILES string of the molecule is Fc1cc2c(ccn2SI)c(Br)c1Oc1cccc(-c2ccn[nH]2)c1. The number of nitrogens with zero attached hydrogens (tertiary/aromatic N) is 2. The summed E-state index contributed by atoms with van der Waals surface area (Å²) in [6.45, 7) is 0. The largest absolute Gasteiger partial charge is 0.453 e. The molecule has 0 fully saturated rings. The smallest absolute Gasteiger partial charge is 0.177 e. The number of H-pyrrole nitrogens is 1. The van der Waals surface area contributed by atoms with Crippen LogP contribution >= 0.6 is 46.3 Å². The minimum atomic E-state index is -0.420. The Morgan fingerprint density at radius 3 is 2.88 bits per heavy atom. The zero-order valence-electron chi connectivity index (χ0n) is 12.5. The molecule has 0 saturated heterocycles. The summed E-state index contributed by atoms with van der Waals surface area (Å²) in [5.74, 6) is 0.302. The van der Waals surface area contributed by atoms with Gasteiger partial charge in [0, 0.05) is 59.7 Å². The van der Waals surface area contributed by atoms with E-state index in [2.05, 4.69) is 47.3 Å². The van der Waals surface area contributed by atoms with E-state index < -0.39 is 5.82 Å². The topological polar surface area (TPSA) is 42.8 Å². The second-order valence-electron chi connectivity index (χ2n) is 5.25. The van der Waals surface area contributed by atoms with Gasteiger partial charge in [-0.15, -0.1) is 0 Å². The number of fused-ring (bicyclic) bond motifs is 1. The van der Waals surface area contributed by atoms with Gasteiger partial charge < -0.3 is 4.74 Å². The van der Waals surface area contributed by atoms with Crippen LogP contribution in [0.3, 0.4) is 0 Å². The molecule has 0 aliphatic carbocycles. The molecule has 4 aromatic rings. The first-order valence-electron chi connectivity index (χ1n) is 7.23. The van der Waals surface area contributed by atoms with E-state index in [0.717, 1.165) is 22.2 Å². The lowest BCUT2D eigenvalue weighted by Crippen LogP contribution is -1.92. The molecule has 0 unspecified atom stereocenters. The molecule has 25 heavy (non-hydrogen) atoms. The van der Waals surface area contributed by atoms with Crippen molar-refractivity contribution in [3.63, 3.8) is 0 Å². The molecule has 0 bridgehead atoms. The van der Waals surface area contributed by atoms with Gasteiger partial charge >= 0.3 is 0 Å². The van der Waals surface area contributed by atoms with E-state index in [1.807, 2.05) is 40.5 Å². The summed E-state index contributed by atoms with van der Waals surface area (Å²) in [5, 5.41) is 7.75. The first kappa shape index (κ1) is 16.9. The fourth-order valence-electron chi connectivity index (χ4n) is 2.58. The Balaban J connectivity index is 1.75. The Morgan fingerprint density at radius 1 is 1.24 bits per heavy atom. The van der Waals surface area contributed by atoms with E-state index in [0.29, 0.717) is 10.2 Å². The maximum Gasteiger partial charge on any atom is 0.177 e. The molecular weight excluding hydrogens is 520 g/mol. The average Bonchev–Trinajstić information content (AvgIpc) is 3.28. The first-order valence-corrected chi connectivity index (χ1v) is 11.3. The molecule has 126 valence electrons. The summed E-state index contributed by atoms with van der Waals surface area (Å²) in [6, 6.07) is 12.7. The van der Waals surface area contributed by atoms with E-state index in [9.17, 15) is 4.39 Å². The Hall–Kier alpha value is -1.52. The quantitative estimate of drug-likeness (QED) is 0.304. The van der Waals surface area contributed by atoms with Gasteiger partial charge in [-0.3, -0.25) is 9.07 Å². The fraction of sp³-hybridized carbons (Fsp3) is 0. The predicted molar refractivity (Wildman–Crippen MR) is 111 cm³/mol. The standard InChI is InChI=1S/C17H10BrFIN3OS/c18-16-12-5-7-23(25-20)15(12)9-13(19)17(16)24-11-3-1-2-10(8-11)14-4-6-21-22-14/h1-9H,(H,21,22). The second-order valence-corrected chi connectivity index (χ2v) is 7.75. The summed E-state index contributed by atoms with van der Waals surface area (Å²) in [6.07, 6.45) is 3.58. The van der Waals surface area contributed by atoms with Crippen molar-refractivity contribution in [2.75, 3.05) is 0 Å². The van der Waals surface area contributed by atoms with Crippen molar-refractivity contribution < 1.29 is 9.13 Å². The fourth-order valence-corrected chi connectivity index (χ4v) is 4.55. The minimum absolute atomic E-state index is 0.172. The van der Waals surface area contributed by atoms with Crippen LogP contribution in [0, 0.1) is 5.82 Å². The molecule has 0 aliphatic rings. The molecule has 8 heteroatoms. The van der Waals surface area contributed by atoms with E-state index in [4.69, 9.17) is 4.74 Å². The van der Waals surface area contributed by atoms with Crippen LogP contribution in [0.1, 0.15) is 0 Å². The van der Waals surface area contributed by atoms with Crippen LogP contribution in [0.25, 0.3) is 22.2 Å². The van der Waals surface area contributed by atoms with E-state index in [1.165, 1.54) is 15.2 Å². The van der Waals surface area contributed by atoms with Gasteiger partial charge in [0.25, 0.3) is 0 Å². The summed E-state index contributed by atoms with van der Waals surface area (Å²) in [5.41, 5.74) is 2.58. The lowest BCUT2D eigenvalue weighted by Gasteiger charge is -2.11. The molecule has 2 aromatic carbocycles. The number of rotatable bonds is 4. The number of nitrogens with one attached hydrogen (secondary N) is 1. The van der Waals surface area contributed by atoms with E-state index >= 15 is 0 Å². The molecule has 0 spiro atoms. The lowest BCUT2D eigenvalue weighted by atomic mass is 10.1. The van der Waals surface area contributed by atoms with E-state index in [1.54, 1.807) is 12.3 Å². The maximum absolute atomic E-state index is 14.6. The van der Waals surface area contributed by atoms with Crippen molar-refractivity contribution in [2.45, 2.75) is 0 Å². The third-order valence-electron chi connectivity index (χ3n) is 3.75. The molecule has 0 atom stereocenters. The average molecular weight is 530 g/mol. The van der Waals surface area contributed by atoms with Crippen LogP contribution in [-0.2, 0) is 0 Å². The number of hydrogen-bond donors (Lipinski definition) is 1. The zero-order chi connectivity index (χ0) is 17.4.